The van der Waals surface area contributed by atoms with Crippen molar-refractivity contribution in [3.8, 4) is 0 Å². The van der Waals surface area contributed by atoms with Gasteiger partial charge in [0.05, 0.1) is 0 Å². The summed E-state index contributed by atoms with van der Waals surface area (Å²) in [5.41, 5.74) is 5.39. The summed E-state index contributed by atoms with van der Waals surface area (Å²) in [6, 6.07) is 1.15. The maximum atomic E-state index is 5.52. The molecule has 0 heterocycles. The topological polar surface area (TPSA) is 90.6 Å². The minimum atomic E-state index is -0.887. The maximum Gasteiger partial charge on any atom is 0.286 e. The predicted octanol–water partition coefficient (Wildman–Crippen LogP) is -7.77. The molecule has 0 bridgehead atoms. The predicted molar refractivity (Wildman–Crippen MR) is 95.8 cm³/mol. The highest BCUT2D eigenvalue weighted by molar-refractivity contribution is 6.49. The second kappa shape index (κ2) is 19.4. The summed E-state index contributed by atoms with van der Waals surface area (Å²) in [4.78, 5) is 0. The lowest BCUT2D eigenvalue weighted by atomic mass is 10.5. The van der Waals surface area contributed by atoms with E-state index in [0.29, 0.717) is 0 Å². The summed E-state index contributed by atoms with van der Waals surface area (Å²) in [7, 11) is -4.59. The fourth-order valence-electron chi connectivity index (χ4n) is 0.955. The monoisotopic (exact) mass is 411 g/mol. The molecule has 0 aromatic carbocycles. The molecule has 0 aliphatic carbocycles. The van der Waals surface area contributed by atoms with Crippen LogP contribution in [0.3, 0.4) is 0 Å². The Morgan fingerprint density at radius 2 is 1.21 bits per heavy atom. The molecule has 16 heteroatoms. The highest BCUT2D eigenvalue weighted by Gasteiger charge is 1.95. The molecule has 0 aliphatic rings. The highest BCUT2D eigenvalue weighted by Crippen LogP contribution is 1.85. The van der Waals surface area contributed by atoms with Crippen LogP contribution in [0.4, 0.5) is 0 Å². The van der Waals surface area contributed by atoms with Crippen LogP contribution in [-0.4, -0.2) is 86.8 Å². The average Bonchev–Trinajstić information content (AvgIpc) is 2.43. The van der Waals surface area contributed by atoms with E-state index < -0.39 is 60.0 Å². The lowest BCUT2D eigenvalue weighted by molar-refractivity contribution is 0.372. The van der Waals surface area contributed by atoms with Gasteiger partial charge in [-0.05, 0) is 19.0 Å². The van der Waals surface area contributed by atoms with Crippen molar-refractivity contribution >= 4 is 80.3 Å². The van der Waals surface area contributed by atoms with Crippen molar-refractivity contribution in [1.82, 2.24) is 0 Å². The Morgan fingerprint density at radius 3 is 1.68 bits per heavy atom. The molecule has 0 amide bonds. The Hall–Kier alpha value is 1.42. The van der Waals surface area contributed by atoms with Crippen LogP contribution < -0.4 is 5.73 Å². The summed E-state index contributed by atoms with van der Waals surface area (Å²) in [6.07, 6.45) is 1.07. The normalized spacial score (nSPS) is 15.6. The average molecular weight is 412 g/mol. The van der Waals surface area contributed by atoms with Crippen LogP contribution in [0.1, 0.15) is 6.42 Å². The second-order valence-corrected chi connectivity index (χ2v) is 18.1. The number of hydrogen-bond acceptors (Lipinski definition) is 8. The molecule has 0 rings (SSSR count). The number of rotatable bonds is 16. The first-order valence-corrected chi connectivity index (χ1v) is 15.4. The molecule has 0 radical (unpaired) electrons. The fourth-order valence-corrected chi connectivity index (χ4v) is 13.9. The molecule has 0 spiro atoms. The molecule has 8 nitrogen and oxygen atoms in total. The van der Waals surface area contributed by atoms with Crippen molar-refractivity contribution < 1.29 is 28.8 Å². The molecule has 0 saturated carbocycles. The molecule has 0 aliphatic heterocycles. The Bertz CT molecular complexity index is 155. The molecule has 0 saturated heterocycles. The van der Waals surface area contributed by atoms with E-state index in [1.807, 2.05) is 0 Å². The molecule has 0 atom stereocenters. The molecular weight excluding hydrogens is 387 g/mol. The SMILES string of the molecule is NCCC[SiH2]O[SiH2]O[SiH2]O[SiH2]O[SiH2]O[SiH2]O[SiH2]O[SiH3]. The molecule has 0 unspecified atom stereocenters. The van der Waals surface area contributed by atoms with Gasteiger partial charge in [0.25, 0.3) is 60.0 Å². The van der Waals surface area contributed by atoms with Crippen LogP contribution in [0.15, 0.2) is 0 Å². The highest BCUT2D eigenvalue weighted by atomic mass is 28.4. The summed E-state index contributed by atoms with van der Waals surface area (Å²) < 4.78 is 37.3. The van der Waals surface area contributed by atoms with Crippen molar-refractivity contribution in [2.24, 2.45) is 5.73 Å². The van der Waals surface area contributed by atoms with Gasteiger partial charge >= 0.3 is 0 Å². The maximum absolute atomic E-state index is 5.52. The standard InChI is InChI=1S/C3H25NO7Si8/c4-2-1-3-13-6-15-8-17-10-19-11-18-9-16-7-14-5-12/h1-4,13-19H2,12H3. The Morgan fingerprint density at radius 1 is 0.737 bits per heavy atom. The molecule has 0 aromatic heterocycles. The summed E-state index contributed by atoms with van der Waals surface area (Å²) in [6.45, 7) is 0.759. The van der Waals surface area contributed by atoms with Crippen molar-refractivity contribution in [3.05, 3.63) is 0 Å². The van der Waals surface area contributed by atoms with Gasteiger partial charge in [0.1, 0.15) is 20.2 Å². The molecule has 116 valence electrons. The van der Waals surface area contributed by atoms with Crippen LogP contribution in [0, 0.1) is 0 Å². The smallest absolute Gasteiger partial charge is 0.286 e. The van der Waals surface area contributed by atoms with E-state index in [4.69, 9.17) is 34.5 Å². The van der Waals surface area contributed by atoms with E-state index in [-0.39, 0.29) is 9.76 Å². The Kier molecular flexibility index (Phi) is 20.9. The van der Waals surface area contributed by atoms with E-state index in [9.17, 15) is 0 Å². The fraction of sp³-hybridized carbons (Fsp3) is 1.00. The van der Waals surface area contributed by atoms with E-state index in [2.05, 4.69) is 0 Å². The van der Waals surface area contributed by atoms with E-state index in [1.165, 1.54) is 0 Å². The van der Waals surface area contributed by atoms with Gasteiger partial charge in [0, 0.05) is 0 Å². The molecular formula is C3H25NO7Si8. The number of nitrogens with two attached hydrogens (primary N) is 1. The van der Waals surface area contributed by atoms with Crippen molar-refractivity contribution in [1.29, 1.82) is 0 Å². The van der Waals surface area contributed by atoms with E-state index >= 15 is 0 Å². The van der Waals surface area contributed by atoms with Crippen LogP contribution in [0.25, 0.3) is 0 Å². The van der Waals surface area contributed by atoms with Crippen molar-refractivity contribution in [3.63, 3.8) is 0 Å². The van der Waals surface area contributed by atoms with Gasteiger partial charge in [-0.3, -0.25) is 0 Å². The summed E-state index contributed by atoms with van der Waals surface area (Å²) in [5, 5.41) is 0. The van der Waals surface area contributed by atoms with Crippen LogP contribution in [-0.2, 0) is 28.8 Å². The van der Waals surface area contributed by atoms with Gasteiger partial charge < -0.3 is 34.5 Å². The molecule has 0 aromatic rings. The second-order valence-electron chi connectivity index (χ2n) is 3.42. The van der Waals surface area contributed by atoms with Gasteiger partial charge in [-0.15, -0.1) is 0 Å². The minimum absolute atomic E-state index is 0.381. The quantitative estimate of drug-likeness (QED) is 0.198. The van der Waals surface area contributed by atoms with E-state index in [0.717, 1.165) is 29.5 Å². The van der Waals surface area contributed by atoms with Crippen molar-refractivity contribution in [2.45, 2.75) is 12.5 Å². The Balaban J connectivity index is 2.88. The summed E-state index contributed by atoms with van der Waals surface area (Å²) in [5.74, 6) is 0. The number of hydrogen-bond donors (Lipinski definition) is 1. The van der Waals surface area contributed by atoms with Gasteiger partial charge in [-0.25, -0.2) is 0 Å². The van der Waals surface area contributed by atoms with Crippen LogP contribution in [0.5, 0.6) is 0 Å². The molecule has 0 fully saturated rings. The third-order valence-corrected chi connectivity index (χ3v) is 12.0. The van der Waals surface area contributed by atoms with Crippen molar-refractivity contribution in [2.75, 3.05) is 6.54 Å². The first-order chi connectivity index (χ1) is 9.41. The van der Waals surface area contributed by atoms with Crippen LogP contribution >= 0.6 is 0 Å². The largest absolute Gasteiger partial charge is 0.449 e. The zero-order valence-electron chi connectivity index (χ0n) is 11.5. The zero-order chi connectivity index (χ0) is 14.0. The summed E-state index contributed by atoms with van der Waals surface area (Å²) >= 11 is 0. The van der Waals surface area contributed by atoms with Crippen LogP contribution in [0.2, 0.25) is 6.04 Å². The first kappa shape index (κ1) is 20.4. The Labute approximate surface area is 134 Å². The molecule has 2 N–H and O–H groups in total. The van der Waals surface area contributed by atoms with Gasteiger partial charge in [-0.2, -0.15) is 0 Å². The lowest BCUT2D eigenvalue weighted by Gasteiger charge is -2.07. The zero-order valence-corrected chi connectivity index (χ0v) is 23.4. The lowest BCUT2D eigenvalue weighted by Crippen LogP contribution is -2.20. The van der Waals surface area contributed by atoms with Gasteiger partial charge in [0.2, 0.25) is 0 Å². The molecule has 19 heavy (non-hydrogen) atoms. The third kappa shape index (κ3) is 19.4. The van der Waals surface area contributed by atoms with E-state index in [1.54, 1.807) is 0 Å². The van der Waals surface area contributed by atoms with Gasteiger partial charge in [0.15, 0.2) is 0 Å². The third-order valence-electron chi connectivity index (χ3n) is 1.78. The van der Waals surface area contributed by atoms with Gasteiger partial charge in [-0.1, -0.05) is 0 Å². The first-order valence-electron chi connectivity index (χ1n) is 6.07. The minimum Gasteiger partial charge on any atom is -0.449 e.